The number of nitrogens with one attached hydrogen (secondary N) is 2. The second-order valence-electron chi connectivity index (χ2n) is 5.22. The molecule has 0 aliphatic rings. The number of rotatable bonds is 8. The molecule has 122 valence electrons. The standard InChI is InChI=1S/C18H23N3O2/c1-3-4-7-12-19-17-11-10-14(13-20-17)21-18(22)15-8-5-6-9-16(15)23-2/h5-6,8-11,13H,3-4,7,12H2,1-2H3,(H,19,20)(H,21,22). The van der Waals surface area contributed by atoms with E-state index in [1.165, 1.54) is 12.8 Å². The second-order valence-corrected chi connectivity index (χ2v) is 5.22. The zero-order valence-electron chi connectivity index (χ0n) is 13.6. The maximum absolute atomic E-state index is 12.3. The van der Waals surface area contributed by atoms with Gasteiger partial charge in [0, 0.05) is 6.54 Å². The Labute approximate surface area is 137 Å². The molecule has 1 aromatic carbocycles. The van der Waals surface area contributed by atoms with Crippen molar-refractivity contribution in [3.05, 3.63) is 48.2 Å². The van der Waals surface area contributed by atoms with Gasteiger partial charge in [0.1, 0.15) is 11.6 Å². The quantitative estimate of drug-likeness (QED) is 0.724. The van der Waals surface area contributed by atoms with Gasteiger partial charge in [-0.3, -0.25) is 4.79 Å². The fraction of sp³-hybridized carbons (Fsp3) is 0.333. The molecule has 1 amide bonds. The predicted octanol–water partition coefficient (Wildman–Crippen LogP) is 3.94. The van der Waals surface area contributed by atoms with Crippen LogP contribution in [0.2, 0.25) is 0 Å². The van der Waals surface area contributed by atoms with Crippen LogP contribution in [0.15, 0.2) is 42.6 Å². The summed E-state index contributed by atoms with van der Waals surface area (Å²) in [5.41, 5.74) is 1.15. The van der Waals surface area contributed by atoms with Crippen LogP contribution in [-0.4, -0.2) is 24.5 Å². The van der Waals surface area contributed by atoms with Crippen LogP contribution < -0.4 is 15.4 Å². The van der Waals surface area contributed by atoms with Crippen molar-refractivity contribution in [2.75, 3.05) is 24.3 Å². The molecule has 0 radical (unpaired) electrons. The summed E-state index contributed by atoms with van der Waals surface area (Å²) in [4.78, 5) is 16.6. The molecule has 0 unspecified atom stereocenters. The highest BCUT2D eigenvalue weighted by Crippen LogP contribution is 2.19. The van der Waals surface area contributed by atoms with Gasteiger partial charge in [0.15, 0.2) is 0 Å². The van der Waals surface area contributed by atoms with Crippen molar-refractivity contribution in [3.8, 4) is 5.75 Å². The summed E-state index contributed by atoms with van der Waals surface area (Å²) in [6, 6.07) is 10.8. The average Bonchev–Trinajstić information content (AvgIpc) is 2.60. The predicted molar refractivity (Wildman–Crippen MR) is 93.2 cm³/mol. The summed E-state index contributed by atoms with van der Waals surface area (Å²) in [7, 11) is 1.55. The van der Waals surface area contributed by atoms with Gasteiger partial charge in [-0.05, 0) is 30.7 Å². The van der Waals surface area contributed by atoms with E-state index >= 15 is 0 Å². The van der Waals surface area contributed by atoms with Crippen LogP contribution in [-0.2, 0) is 0 Å². The number of amides is 1. The number of hydrogen-bond acceptors (Lipinski definition) is 4. The van der Waals surface area contributed by atoms with Gasteiger partial charge in [-0.15, -0.1) is 0 Å². The summed E-state index contributed by atoms with van der Waals surface area (Å²) in [5, 5.41) is 6.09. The first-order valence-corrected chi connectivity index (χ1v) is 7.89. The summed E-state index contributed by atoms with van der Waals surface area (Å²) >= 11 is 0. The SMILES string of the molecule is CCCCCNc1ccc(NC(=O)c2ccccc2OC)cn1. The van der Waals surface area contributed by atoms with Gasteiger partial charge in [0.05, 0.1) is 24.6 Å². The Morgan fingerprint density at radius 1 is 1.17 bits per heavy atom. The van der Waals surface area contributed by atoms with Gasteiger partial charge in [-0.25, -0.2) is 4.98 Å². The molecule has 0 spiro atoms. The highest BCUT2D eigenvalue weighted by Gasteiger charge is 2.11. The molecule has 0 saturated heterocycles. The van der Waals surface area contributed by atoms with Crippen molar-refractivity contribution in [1.82, 2.24) is 4.98 Å². The van der Waals surface area contributed by atoms with Crippen LogP contribution in [0.5, 0.6) is 5.75 Å². The van der Waals surface area contributed by atoms with E-state index in [9.17, 15) is 4.79 Å². The lowest BCUT2D eigenvalue weighted by atomic mass is 10.2. The highest BCUT2D eigenvalue weighted by molar-refractivity contribution is 6.06. The Kier molecular flexibility index (Phi) is 6.41. The summed E-state index contributed by atoms with van der Waals surface area (Å²) in [5.74, 6) is 1.15. The molecule has 0 aliphatic heterocycles. The number of nitrogens with zero attached hydrogens (tertiary/aromatic N) is 1. The molecule has 0 aliphatic carbocycles. The normalized spacial score (nSPS) is 10.2. The van der Waals surface area contributed by atoms with E-state index < -0.39 is 0 Å². The Morgan fingerprint density at radius 3 is 2.70 bits per heavy atom. The third-order valence-corrected chi connectivity index (χ3v) is 3.46. The third-order valence-electron chi connectivity index (χ3n) is 3.46. The Hall–Kier alpha value is -2.56. The van der Waals surface area contributed by atoms with Gasteiger partial charge in [-0.1, -0.05) is 31.9 Å². The van der Waals surface area contributed by atoms with E-state index in [-0.39, 0.29) is 5.91 Å². The molecular formula is C18H23N3O2. The van der Waals surface area contributed by atoms with E-state index in [0.29, 0.717) is 17.0 Å². The van der Waals surface area contributed by atoms with Crippen LogP contribution in [0.4, 0.5) is 11.5 Å². The van der Waals surface area contributed by atoms with E-state index in [2.05, 4.69) is 22.5 Å². The number of ether oxygens (including phenoxy) is 1. The van der Waals surface area contributed by atoms with E-state index in [1.54, 1.807) is 31.5 Å². The van der Waals surface area contributed by atoms with Gasteiger partial charge < -0.3 is 15.4 Å². The minimum atomic E-state index is -0.215. The zero-order chi connectivity index (χ0) is 16.5. The van der Waals surface area contributed by atoms with Crippen molar-refractivity contribution in [2.24, 2.45) is 0 Å². The van der Waals surface area contributed by atoms with Gasteiger partial charge >= 0.3 is 0 Å². The van der Waals surface area contributed by atoms with E-state index in [4.69, 9.17) is 4.74 Å². The Bertz CT molecular complexity index is 626. The maximum Gasteiger partial charge on any atom is 0.259 e. The molecule has 2 N–H and O–H groups in total. The van der Waals surface area contributed by atoms with Crippen LogP contribution in [0.25, 0.3) is 0 Å². The minimum absolute atomic E-state index is 0.215. The fourth-order valence-electron chi connectivity index (χ4n) is 2.19. The topological polar surface area (TPSA) is 63.2 Å². The number of pyridine rings is 1. The maximum atomic E-state index is 12.3. The van der Waals surface area contributed by atoms with Crippen molar-refractivity contribution in [3.63, 3.8) is 0 Å². The van der Waals surface area contributed by atoms with Crippen LogP contribution in [0.3, 0.4) is 0 Å². The number of carbonyl (C=O) groups excluding carboxylic acids is 1. The van der Waals surface area contributed by atoms with Gasteiger partial charge in [-0.2, -0.15) is 0 Å². The number of unbranched alkanes of at least 4 members (excludes halogenated alkanes) is 2. The first-order chi connectivity index (χ1) is 11.2. The van der Waals surface area contributed by atoms with Crippen molar-refractivity contribution in [1.29, 1.82) is 0 Å². The van der Waals surface area contributed by atoms with Crippen LogP contribution in [0, 0.1) is 0 Å². The lowest BCUT2D eigenvalue weighted by molar-refractivity contribution is 0.102. The van der Waals surface area contributed by atoms with Crippen molar-refractivity contribution in [2.45, 2.75) is 26.2 Å². The average molecular weight is 313 g/mol. The molecule has 5 heteroatoms. The minimum Gasteiger partial charge on any atom is -0.496 e. The van der Waals surface area contributed by atoms with Gasteiger partial charge in [0.25, 0.3) is 5.91 Å². The fourth-order valence-corrected chi connectivity index (χ4v) is 2.19. The molecule has 0 fully saturated rings. The van der Waals surface area contributed by atoms with Crippen molar-refractivity contribution >= 4 is 17.4 Å². The largest absolute Gasteiger partial charge is 0.496 e. The van der Waals surface area contributed by atoms with Gasteiger partial charge in [0.2, 0.25) is 0 Å². The van der Waals surface area contributed by atoms with Crippen LogP contribution in [0.1, 0.15) is 36.5 Å². The summed E-state index contributed by atoms with van der Waals surface area (Å²) in [6.07, 6.45) is 5.18. The Balaban J connectivity index is 1.94. The van der Waals surface area contributed by atoms with E-state index in [1.807, 2.05) is 18.2 Å². The third kappa shape index (κ3) is 4.98. The molecule has 5 nitrogen and oxygen atoms in total. The zero-order valence-corrected chi connectivity index (χ0v) is 13.6. The smallest absolute Gasteiger partial charge is 0.259 e. The number of anilines is 2. The Morgan fingerprint density at radius 2 is 2.00 bits per heavy atom. The molecule has 0 bridgehead atoms. The summed E-state index contributed by atoms with van der Waals surface area (Å²) < 4.78 is 5.20. The molecule has 0 saturated carbocycles. The number of methoxy groups -OCH3 is 1. The van der Waals surface area contributed by atoms with Crippen LogP contribution >= 0.6 is 0 Å². The molecule has 23 heavy (non-hydrogen) atoms. The lowest BCUT2D eigenvalue weighted by Crippen LogP contribution is -2.13. The molecule has 1 aromatic heterocycles. The number of aromatic nitrogens is 1. The molecule has 2 rings (SSSR count). The molecule has 1 heterocycles. The second kappa shape index (κ2) is 8.78. The number of hydrogen-bond donors (Lipinski definition) is 2. The number of carbonyl (C=O) groups is 1. The molecule has 0 atom stereocenters. The van der Waals surface area contributed by atoms with Crippen molar-refractivity contribution < 1.29 is 9.53 Å². The molecular weight excluding hydrogens is 290 g/mol. The monoisotopic (exact) mass is 313 g/mol. The highest BCUT2D eigenvalue weighted by atomic mass is 16.5. The lowest BCUT2D eigenvalue weighted by Gasteiger charge is -2.10. The number of para-hydroxylation sites is 1. The number of benzene rings is 1. The first-order valence-electron chi connectivity index (χ1n) is 7.89. The van der Waals surface area contributed by atoms with E-state index in [0.717, 1.165) is 18.8 Å². The summed E-state index contributed by atoms with van der Waals surface area (Å²) in [6.45, 7) is 3.09. The first kappa shape index (κ1) is 16.8. The molecule has 2 aromatic rings.